The van der Waals surface area contributed by atoms with Crippen LogP contribution in [0.15, 0.2) is 4.34 Å². The van der Waals surface area contributed by atoms with Crippen LogP contribution in [0.3, 0.4) is 0 Å². The molecule has 1 aromatic heterocycles. The van der Waals surface area contributed by atoms with Crippen molar-refractivity contribution >= 4 is 32.4 Å². The number of sulfonamides is 1. The van der Waals surface area contributed by atoms with Gasteiger partial charge in [-0.25, -0.2) is 13.1 Å². The van der Waals surface area contributed by atoms with Gasteiger partial charge in [-0.15, -0.1) is 10.2 Å². The monoisotopic (exact) mass is 292 g/mol. The number of nitrogens with zero attached hydrogens (tertiary/aromatic N) is 2. The van der Waals surface area contributed by atoms with Gasteiger partial charge >= 0.3 is 0 Å². The van der Waals surface area contributed by atoms with E-state index in [1.54, 1.807) is 13.8 Å². The largest absolute Gasteiger partial charge is 0.301 e. The average Bonchev–Trinajstić information content (AvgIpc) is 2.77. The molecule has 18 heavy (non-hydrogen) atoms. The van der Waals surface area contributed by atoms with Crippen LogP contribution in [0.5, 0.6) is 0 Å². The van der Waals surface area contributed by atoms with Crippen LogP contribution in [0.25, 0.3) is 0 Å². The Labute approximate surface area is 110 Å². The molecule has 0 fully saturated rings. The van der Waals surface area contributed by atoms with E-state index in [1.165, 1.54) is 0 Å². The number of aromatic nitrogens is 2. The zero-order chi connectivity index (χ0) is 13.8. The maximum absolute atomic E-state index is 11.9. The molecule has 0 radical (unpaired) electrons. The van der Waals surface area contributed by atoms with Gasteiger partial charge < -0.3 is 5.32 Å². The van der Waals surface area contributed by atoms with Crippen LogP contribution in [0.1, 0.15) is 33.6 Å². The minimum Gasteiger partial charge on any atom is -0.301 e. The minimum atomic E-state index is -3.65. The zero-order valence-corrected chi connectivity index (χ0v) is 12.1. The second-order valence-electron chi connectivity index (χ2n) is 3.71. The summed E-state index contributed by atoms with van der Waals surface area (Å²) in [6.45, 7) is 5.33. The lowest BCUT2D eigenvalue weighted by Crippen LogP contribution is -2.31. The van der Waals surface area contributed by atoms with Crippen molar-refractivity contribution in [3.8, 4) is 0 Å². The van der Waals surface area contributed by atoms with Crippen molar-refractivity contribution in [2.24, 2.45) is 0 Å². The van der Waals surface area contributed by atoms with Gasteiger partial charge in [0.1, 0.15) is 0 Å². The second-order valence-corrected chi connectivity index (χ2v) is 6.57. The number of carbonyl (C=O) groups excluding carboxylic acids is 1. The molecule has 0 saturated carbocycles. The molecule has 0 bridgehead atoms. The predicted molar refractivity (Wildman–Crippen MR) is 68.9 cm³/mol. The standard InChI is InChI=1S/C9H16N4O3S2/c1-4-6(3)13-18(15,16)9-12-11-8(17-9)10-7(14)5-2/h6,13H,4-5H2,1-3H3,(H,10,11,14). The topological polar surface area (TPSA) is 101 Å². The summed E-state index contributed by atoms with van der Waals surface area (Å²) in [5.74, 6) is -0.231. The molecule has 1 rings (SSSR count). The zero-order valence-electron chi connectivity index (χ0n) is 10.4. The minimum absolute atomic E-state index is 0.144. The Bertz CT molecular complexity index is 512. The van der Waals surface area contributed by atoms with Crippen LogP contribution in [-0.2, 0) is 14.8 Å². The quantitative estimate of drug-likeness (QED) is 0.761. The summed E-state index contributed by atoms with van der Waals surface area (Å²) in [4.78, 5) is 11.1. The molecule has 0 saturated heterocycles. The Morgan fingerprint density at radius 2 is 2.06 bits per heavy atom. The molecule has 102 valence electrons. The summed E-state index contributed by atoms with van der Waals surface area (Å²) in [6.07, 6.45) is 0.976. The van der Waals surface area contributed by atoms with Gasteiger partial charge in [-0.2, -0.15) is 0 Å². The van der Waals surface area contributed by atoms with Crippen molar-refractivity contribution in [2.75, 3.05) is 5.32 Å². The Balaban J connectivity index is 2.81. The van der Waals surface area contributed by atoms with E-state index < -0.39 is 10.0 Å². The van der Waals surface area contributed by atoms with Gasteiger partial charge in [-0.3, -0.25) is 4.79 Å². The molecule has 0 aliphatic heterocycles. The summed E-state index contributed by atoms with van der Waals surface area (Å²) < 4.78 is 26.0. The van der Waals surface area contributed by atoms with Crippen molar-refractivity contribution < 1.29 is 13.2 Å². The molecule has 1 atom stereocenters. The van der Waals surface area contributed by atoms with E-state index in [2.05, 4.69) is 20.2 Å². The van der Waals surface area contributed by atoms with Gasteiger partial charge in [-0.1, -0.05) is 25.2 Å². The Morgan fingerprint density at radius 3 is 2.61 bits per heavy atom. The highest BCUT2D eigenvalue weighted by Gasteiger charge is 2.22. The van der Waals surface area contributed by atoms with Crippen LogP contribution in [0.2, 0.25) is 0 Å². The van der Waals surface area contributed by atoms with Crippen molar-refractivity contribution in [2.45, 2.75) is 44.0 Å². The Morgan fingerprint density at radius 1 is 1.39 bits per heavy atom. The number of nitrogens with one attached hydrogen (secondary N) is 2. The molecule has 0 aromatic carbocycles. The summed E-state index contributed by atoms with van der Waals surface area (Å²) in [6, 6.07) is -0.174. The molecule has 0 aliphatic rings. The average molecular weight is 292 g/mol. The van der Waals surface area contributed by atoms with E-state index in [0.29, 0.717) is 12.8 Å². The van der Waals surface area contributed by atoms with Gasteiger partial charge in [0.15, 0.2) is 0 Å². The molecular weight excluding hydrogens is 276 g/mol. The first-order chi connectivity index (χ1) is 8.39. The third kappa shape index (κ3) is 4.00. The van der Waals surface area contributed by atoms with Gasteiger partial charge in [0.2, 0.25) is 15.4 Å². The summed E-state index contributed by atoms with van der Waals surface area (Å²) in [7, 11) is -3.65. The molecule has 1 heterocycles. The fourth-order valence-corrected chi connectivity index (χ4v) is 3.23. The van der Waals surface area contributed by atoms with E-state index in [1.807, 2.05) is 6.92 Å². The molecule has 0 aliphatic carbocycles. The highest BCUT2D eigenvalue weighted by Crippen LogP contribution is 2.20. The second kappa shape index (κ2) is 6.21. The van der Waals surface area contributed by atoms with Crippen LogP contribution in [-0.4, -0.2) is 30.6 Å². The van der Waals surface area contributed by atoms with Gasteiger partial charge in [0, 0.05) is 12.5 Å². The number of anilines is 1. The molecule has 7 nitrogen and oxygen atoms in total. The van der Waals surface area contributed by atoms with Gasteiger partial charge in [-0.05, 0) is 13.3 Å². The van der Waals surface area contributed by atoms with E-state index in [9.17, 15) is 13.2 Å². The van der Waals surface area contributed by atoms with E-state index in [4.69, 9.17) is 0 Å². The van der Waals surface area contributed by atoms with Gasteiger partial charge in [0.05, 0.1) is 0 Å². The molecule has 1 aromatic rings. The highest BCUT2D eigenvalue weighted by molar-refractivity contribution is 7.91. The summed E-state index contributed by atoms with van der Waals surface area (Å²) >= 11 is 0.831. The number of amides is 1. The number of carbonyl (C=O) groups is 1. The van der Waals surface area contributed by atoms with E-state index in [-0.39, 0.29) is 21.4 Å². The predicted octanol–water partition coefficient (Wildman–Crippen LogP) is 0.963. The fourth-order valence-electron chi connectivity index (χ4n) is 0.975. The molecule has 1 amide bonds. The van der Waals surface area contributed by atoms with Crippen LogP contribution in [0.4, 0.5) is 5.13 Å². The summed E-state index contributed by atoms with van der Waals surface area (Å²) in [5, 5.41) is 9.84. The first-order valence-electron chi connectivity index (χ1n) is 5.54. The number of hydrogen-bond donors (Lipinski definition) is 2. The van der Waals surface area contributed by atoms with Crippen LogP contribution < -0.4 is 10.0 Å². The van der Waals surface area contributed by atoms with Crippen molar-refractivity contribution in [3.05, 3.63) is 0 Å². The smallest absolute Gasteiger partial charge is 0.270 e. The first kappa shape index (κ1) is 15.0. The molecule has 0 spiro atoms. The lowest BCUT2D eigenvalue weighted by atomic mass is 10.3. The Hall–Kier alpha value is -1.06. The third-order valence-corrected chi connectivity index (χ3v) is 4.97. The maximum atomic E-state index is 11.9. The van der Waals surface area contributed by atoms with E-state index in [0.717, 1.165) is 11.3 Å². The molecule has 2 N–H and O–H groups in total. The molecule has 1 unspecified atom stereocenters. The number of rotatable bonds is 6. The molecular formula is C9H16N4O3S2. The molecule has 9 heteroatoms. The maximum Gasteiger partial charge on any atom is 0.270 e. The SMILES string of the molecule is CCC(=O)Nc1nnc(S(=O)(=O)NC(C)CC)s1. The van der Waals surface area contributed by atoms with Gasteiger partial charge in [0.25, 0.3) is 10.0 Å². The van der Waals surface area contributed by atoms with Crippen molar-refractivity contribution in [3.63, 3.8) is 0 Å². The highest BCUT2D eigenvalue weighted by atomic mass is 32.2. The van der Waals surface area contributed by atoms with Crippen LogP contribution >= 0.6 is 11.3 Å². The van der Waals surface area contributed by atoms with Crippen LogP contribution in [0, 0.1) is 0 Å². The first-order valence-corrected chi connectivity index (χ1v) is 7.84. The van der Waals surface area contributed by atoms with Crippen molar-refractivity contribution in [1.29, 1.82) is 0 Å². The van der Waals surface area contributed by atoms with Crippen molar-refractivity contribution in [1.82, 2.24) is 14.9 Å². The summed E-state index contributed by atoms with van der Waals surface area (Å²) in [5.41, 5.74) is 0. The number of hydrogen-bond acceptors (Lipinski definition) is 6. The fraction of sp³-hybridized carbons (Fsp3) is 0.667. The third-order valence-electron chi connectivity index (χ3n) is 2.17. The normalized spacial score (nSPS) is 13.3. The van der Waals surface area contributed by atoms with E-state index >= 15 is 0 Å². The lowest BCUT2D eigenvalue weighted by molar-refractivity contribution is -0.115. The lowest BCUT2D eigenvalue weighted by Gasteiger charge is -2.08. The Kier molecular flexibility index (Phi) is 5.17.